The number of rotatable bonds is 4. The summed E-state index contributed by atoms with van der Waals surface area (Å²) in [5.41, 5.74) is 5.25. The first-order valence-corrected chi connectivity index (χ1v) is 8.09. The van der Waals surface area contributed by atoms with Crippen LogP contribution in [-0.4, -0.2) is 31.8 Å². The zero-order valence-electron chi connectivity index (χ0n) is 15.0. The highest BCUT2D eigenvalue weighted by atomic mass is 127. The van der Waals surface area contributed by atoms with Gasteiger partial charge in [-0.15, -0.1) is 24.0 Å². The van der Waals surface area contributed by atoms with E-state index in [2.05, 4.69) is 55.5 Å². The third-order valence-corrected chi connectivity index (χ3v) is 4.43. The summed E-state index contributed by atoms with van der Waals surface area (Å²) in [7, 11) is 1.81. The van der Waals surface area contributed by atoms with E-state index in [4.69, 9.17) is 4.74 Å². The summed E-state index contributed by atoms with van der Waals surface area (Å²) in [6.45, 7) is 11.1. The van der Waals surface area contributed by atoms with Gasteiger partial charge in [0.2, 0.25) is 0 Å². The van der Waals surface area contributed by atoms with Crippen LogP contribution in [0.5, 0.6) is 0 Å². The predicted octanol–water partition coefficient (Wildman–Crippen LogP) is 3.46. The van der Waals surface area contributed by atoms with Crippen LogP contribution in [0, 0.1) is 20.8 Å². The summed E-state index contributed by atoms with van der Waals surface area (Å²) in [6.07, 6.45) is 2.25. The summed E-state index contributed by atoms with van der Waals surface area (Å²) in [5.74, 6) is 0.830. The van der Waals surface area contributed by atoms with Crippen molar-refractivity contribution in [1.82, 2.24) is 10.6 Å². The second-order valence-corrected chi connectivity index (χ2v) is 6.56. The van der Waals surface area contributed by atoms with Gasteiger partial charge in [0.1, 0.15) is 0 Å². The number of aliphatic imine (C=N–C) groups is 1. The maximum absolute atomic E-state index is 5.80. The van der Waals surface area contributed by atoms with Crippen LogP contribution in [-0.2, 0) is 11.3 Å². The number of aryl methyl sites for hydroxylation is 3. The Bertz CT molecular complexity index is 528. The molecule has 1 aromatic carbocycles. The molecule has 23 heavy (non-hydrogen) atoms. The number of guanidine groups is 1. The molecule has 0 amide bonds. The lowest BCUT2D eigenvalue weighted by Gasteiger charge is -2.25. The molecule has 1 unspecified atom stereocenters. The van der Waals surface area contributed by atoms with Gasteiger partial charge in [0, 0.05) is 26.7 Å². The molecule has 1 saturated heterocycles. The summed E-state index contributed by atoms with van der Waals surface area (Å²) < 4.78 is 5.80. The summed E-state index contributed by atoms with van der Waals surface area (Å²) in [6, 6.07) is 4.46. The van der Waals surface area contributed by atoms with E-state index in [0.717, 1.165) is 38.5 Å². The second kappa shape index (κ2) is 8.87. The number of hydrogen-bond donors (Lipinski definition) is 2. The quantitative estimate of drug-likeness (QED) is 0.436. The van der Waals surface area contributed by atoms with Crippen LogP contribution in [0.1, 0.15) is 42.0 Å². The molecule has 1 aliphatic rings. The van der Waals surface area contributed by atoms with Crippen molar-refractivity contribution in [2.75, 3.05) is 20.2 Å². The van der Waals surface area contributed by atoms with Crippen LogP contribution in [0.3, 0.4) is 0 Å². The third-order valence-electron chi connectivity index (χ3n) is 4.43. The molecule has 4 nitrogen and oxygen atoms in total. The van der Waals surface area contributed by atoms with E-state index >= 15 is 0 Å². The molecular weight excluding hydrogens is 401 g/mol. The van der Waals surface area contributed by atoms with Crippen molar-refractivity contribution >= 4 is 29.9 Å². The second-order valence-electron chi connectivity index (χ2n) is 6.56. The van der Waals surface area contributed by atoms with Crippen molar-refractivity contribution in [2.45, 2.75) is 52.7 Å². The van der Waals surface area contributed by atoms with Crippen LogP contribution >= 0.6 is 24.0 Å². The first kappa shape index (κ1) is 20.2. The molecule has 0 saturated carbocycles. The van der Waals surface area contributed by atoms with E-state index in [0.29, 0.717) is 0 Å². The van der Waals surface area contributed by atoms with Crippen LogP contribution in [0.25, 0.3) is 0 Å². The first-order chi connectivity index (χ1) is 10.4. The Labute approximate surface area is 157 Å². The fourth-order valence-corrected chi connectivity index (χ4v) is 3.13. The number of nitrogens with zero attached hydrogens (tertiary/aromatic N) is 1. The van der Waals surface area contributed by atoms with Gasteiger partial charge in [-0.3, -0.25) is 4.99 Å². The maximum Gasteiger partial charge on any atom is 0.191 e. The van der Waals surface area contributed by atoms with E-state index < -0.39 is 0 Å². The maximum atomic E-state index is 5.80. The monoisotopic (exact) mass is 431 g/mol. The molecule has 0 aromatic heterocycles. The van der Waals surface area contributed by atoms with E-state index in [1.54, 1.807) is 0 Å². The lowest BCUT2D eigenvalue weighted by molar-refractivity contribution is 0.0243. The van der Waals surface area contributed by atoms with Gasteiger partial charge in [0.15, 0.2) is 5.96 Å². The molecule has 1 heterocycles. The minimum Gasteiger partial charge on any atom is -0.373 e. The number of halogens is 1. The number of ether oxygens (including phenoxy) is 1. The van der Waals surface area contributed by atoms with E-state index in [1.165, 1.54) is 22.3 Å². The highest BCUT2D eigenvalue weighted by Gasteiger charge is 2.29. The topological polar surface area (TPSA) is 45.7 Å². The Morgan fingerprint density at radius 2 is 1.87 bits per heavy atom. The van der Waals surface area contributed by atoms with Crippen molar-refractivity contribution in [2.24, 2.45) is 4.99 Å². The molecule has 5 heteroatoms. The average Bonchev–Trinajstić information content (AvgIpc) is 2.88. The third kappa shape index (κ3) is 5.64. The standard InChI is InChI=1S/C18H29N3O.HI/c1-13-9-14(2)16(15(3)10-13)11-20-17(19-5)21-12-18(4)7-6-8-22-18;/h9-10H,6-8,11-12H2,1-5H3,(H2,19,20,21);1H. The predicted molar refractivity (Wildman–Crippen MR) is 108 cm³/mol. The van der Waals surface area contributed by atoms with Crippen LogP contribution in [0.4, 0.5) is 0 Å². The zero-order chi connectivity index (χ0) is 16.2. The van der Waals surface area contributed by atoms with E-state index in [1.807, 2.05) is 7.05 Å². The van der Waals surface area contributed by atoms with Gasteiger partial charge in [-0.1, -0.05) is 17.7 Å². The van der Waals surface area contributed by atoms with Crippen molar-refractivity contribution in [3.05, 3.63) is 34.4 Å². The average molecular weight is 431 g/mol. The summed E-state index contributed by atoms with van der Waals surface area (Å²) in [4.78, 5) is 4.31. The molecule has 1 aromatic rings. The molecule has 2 rings (SSSR count). The van der Waals surface area contributed by atoms with Gasteiger partial charge >= 0.3 is 0 Å². The fourth-order valence-electron chi connectivity index (χ4n) is 3.13. The summed E-state index contributed by atoms with van der Waals surface area (Å²) >= 11 is 0. The Morgan fingerprint density at radius 3 is 2.39 bits per heavy atom. The minimum absolute atomic E-state index is 0. The van der Waals surface area contributed by atoms with Gasteiger partial charge in [-0.25, -0.2) is 0 Å². The van der Waals surface area contributed by atoms with Crippen molar-refractivity contribution < 1.29 is 4.74 Å². The molecule has 130 valence electrons. The molecule has 0 spiro atoms. The molecule has 1 fully saturated rings. The Morgan fingerprint density at radius 1 is 1.22 bits per heavy atom. The lowest BCUT2D eigenvalue weighted by Crippen LogP contribution is -2.45. The first-order valence-electron chi connectivity index (χ1n) is 8.09. The molecule has 0 aliphatic carbocycles. The number of hydrogen-bond acceptors (Lipinski definition) is 2. The lowest BCUT2D eigenvalue weighted by atomic mass is 10.00. The molecule has 1 atom stereocenters. The smallest absolute Gasteiger partial charge is 0.191 e. The number of nitrogens with one attached hydrogen (secondary N) is 2. The van der Waals surface area contributed by atoms with Gasteiger partial charge in [-0.2, -0.15) is 0 Å². The molecule has 2 N–H and O–H groups in total. The van der Waals surface area contributed by atoms with Gasteiger partial charge in [0.05, 0.1) is 5.60 Å². The summed E-state index contributed by atoms with van der Waals surface area (Å²) in [5, 5.41) is 6.80. The van der Waals surface area contributed by atoms with Gasteiger partial charge in [0.25, 0.3) is 0 Å². The van der Waals surface area contributed by atoms with Crippen LogP contribution < -0.4 is 10.6 Å². The fraction of sp³-hybridized carbons (Fsp3) is 0.611. The van der Waals surface area contributed by atoms with Crippen molar-refractivity contribution in [3.63, 3.8) is 0 Å². The molecule has 1 aliphatic heterocycles. The minimum atomic E-state index is -0.0622. The zero-order valence-corrected chi connectivity index (χ0v) is 17.3. The molecule has 0 bridgehead atoms. The Balaban J connectivity index is 0.00000264. The normalized spacial score (nSPS) is 21.0. The van der Waals surface area contributed by atoms with Crippen molar-refractivity contribution in [1.29, 1.82) is 0 Å². The SMILES string of the molecule is CN=C(NCc1c(C)cc(C)cc1C)NCC1(C)CCCO1.I. The largest absolute Gasteiger partial charge is 0.373 e. The van der Waals surface area contributed by atoms with Crippen LogP contribution in [0.15, 0.2) is 17.1 Å². The van der Waals surface area contributed by atoms with Gasteiger partial charge in [-0.05, 0) is 57.2 Å². The van der Waals surface area contributed by atoms with E-state index in [-0.39, 0.29) is 29.6 Å². The molecular formula is C18H30IN3O. The Hall–Kier alpha value is -0.820. The van der Waals surface area contributed by atoms with Crippen LogP contribution in [0.2, 0.25) is 0 Å². The molecule has 0 radical (unpaired) electrons. The van der Waals surface area contributed by atoms with E-state index in [9.17, 15) is 0 Å². The van der Waals surface area contributed by atoms with Gasteiger partial charge < -0.3 is 15.4 Å². The highest BCUT2D eigenvalue weighted by Crippen LogP contribution is 2.23. The Kier molecular flexibility index (Phi) is 7.80. The highest BCUT2D eigenvalue weighted by molar-refractivity contribution is 14.0. The van der Waals surface area contributed by atoms with Crippen molar-refractivity contribution in [3.8, 4) is 0 Å². The number of benzene rings is 1.